The molecule has 0 bridgehead atoms. The number of aliphatic hydroxyl groups is 2. The highest BCUT2D eigenvalue weighted by molar-refractivity contribution is 5.76. The van der Waals surface area contributed by atoms with Gasteiger partial charge < -0.3 is 15.5 Å². The highest BCUT2D eigenvalue weighted by Gasteiger charge is 2.20. The molecule has 0 saturated carbocycles. The second kappa shape index (κ2) is 49.5. The molecule has 2 atom stereocenters. The first kappa shape index (κ1) is 56.1. The molecule has 0 aromatic heterocycles. The highest BCUT2D eigenvalue weighted by Crippen LogP contribution is 2.18. The number of allylic oxidation sites excluding steroid dienone is 2. The Bertz CT molecular complexity index is 784. The van der Waals surface area contributed by atoms with Crippen molar-refractivity contribution in [3.8, 4) is 0 Å². The molecule has 4 nitrogen and oxygen atoms in total. The molecular weight excluding hydrogens is 699 g/mol. The number of amides is 1. The Morgan fingerprint density at radius 3 is 0.965 bits per heavy atom. The summed E-state index contributed by atoms with van der Waals surface area (Å²) in [5.41, 5.74) is 0. The van der Waals surface area contributed by atoms with Crippen LogP contribution in [0.5, 0.6) is 0 Å². The van der Waals surface area contributed by atoms with Crippen molar-refractivity contribution in [1.29, 1.82) is 0 Å². The van der Waals surface area contributed by atoms with Crippen molar-refractivity contribution < 1.29 is 15.0 Å². The van der Waals surface area contributed by atoms with Crippen LogP contribution in [0.2, 0.25) is 0 Å². The fourth-order valence-corrected chi connectivity index (χ4v) is 8.48. The lowest BCUT2D eigenvalue weighted by Gasteiger charge is -2.22. The molecule has 0 radical (unpaired) electrons. The molecule has 340 valence electrons. The molecule has 0 aliphatic rings. The molecule has 4 heteroatoms. The predicted octanol–water partition coefficient (Wildman–Crippen LogP) is 17.0. The fourth-order valence-electron chi connectivity index (χ4n) is 8.48. The number of hydrogen-bond donors (Lipinski definition) is 3. The molecule has 57 heavy (non-hydrogen) atoms. The first-order valence-electron chi connectivity index (χ1n) is 26.4. The molecule has 0 saturated heterocycles. The molecule has 1 amide bonds. The molecule has 2 unspecified atom stereocenters. The lowest BCUT2D eigenvalue weighted by molar-refractivity contribution is -0.123. The van der Waals surface area contributed by atoms with Crippen molar-refractivity contribution in [2.24, 2.45) is 0 Å². The van der Waals surface area contributed by atoms with Gasteiger partial charge in [0.2, 0.25) is 5.91 Å². The fraction of sp³-hybridized carbons (Fsp3) is 0.943. The molecule has 0 aromatic rings. The van der Waals surface area contributed by atoms with Gasteiger partial charge in [0.1, 0.15) is 0 Å². The monoisotopic (exact) mass is 804 g/mol. The normalized spacial score (nSPS) is 12.8. The molecule has 0 aromatic carbocycles. The third-order valence-electron chi connectivity index (χ3n) is 12.5. The van der Waals surface area contributed by atoms with E-state index in [1.165, 1.54) is 250 Å². The minimum absolute atomic E-state index is 0.0357. The second-order valence-corrected chi connectivity index (χ2v) is 18.3. The molecule has 0 rings (SSSR count). The summed E-state index contributed by atoms with van der Waals surface area (Å²) >= 11 is 0. The van der Waals surface area contributed by atoms with Gasteiger partial charge in [-0.25, -0.2) is 0 Å². The quantitative estimate of drug-likeness (QED) is 0.0424. The Morgan fingerprint density at radius 2 is 0.667 bits per heavy atom. The van der Waals surface area contributed by atoms with Crippen molar-refractivity contribution in [3.05, 3.63) is 12.2 Å². The SMILES string of the molecule is CCCCCCCC/C=C\CCCCCCCC(=O)NC(CO)C(O)CCCCCCCCCCCCCCCCCCCCCCCCCCCCCCCC. The number of rotatable bonds is 49. The minimum atomic E-state index is -0.660. The maximum atomic E-state index is 12.4. The predicted molar refractivity (Wildman–Crippen MR) is 253 cm³/mol. The van der Waals surface area contributed by atoms with E-state index in [-0.39, 0.29) is 12.5 Å². The summed E-state index contributed by atoms with van der Waals surface area (Å²) in [6, 6.07) is -0.538. The maximum absolute atomic E-state index is 12.4. The summed E-state index contributed by atoms with van der Waals surface area (Å²) in [6.07, 6.45) is 63.4. The summed E-state index contributed by atoms with van der Waals surface area (Å²) in [4.78, 5) is 12.4. The number of aliphatic hydroxyl groups excluding tert-OH is 2. The van der Waals surface area contributed by atoms with Gasteiger partial charge in [0.05, 0.1) is 18.8 Å². The third kappa shape index (κ3) is 46.1. The average molecular weight is 804 g/mol. The molecule has 0 aliphatic carbocycles. The summed E-state index contributed by atoms with van der Waals surface area (Å²) in [5.74, 6) is -0.0357. The Morgan fingerprint density at radius 1 is 0.404 bits per heavy atom. The van der Waals surface area contributed by atoms with E-state index in [2.05, 4.69) is 31.3 Å². The number of unbranched alkanes of at least 4 members (excludes halogenated alkanes) is 40. The van der Waals surface area contributed by atoms with Crippen molar-refractivity contribution in [1.82, 2.24) is 5.32 Å². The van der Waals surface area contributed by atoms with Crippen LogP contribution in [0.3, 0.4) is 0 Å². The van der Waals surface area contributed by atoms with Gasteiger partial charge >= 0.3 is 0 Å². The number of hydrogen-bond acceptors (Lipinski definition) is 3. The second-order valence-electron chi connectivity index (χ2n) is 18.3. The van der Waals surface area contributed by atoms with Crippen molar-refractivity contribution >= 4 is 5.91 Å². The zero-order valence-electron chi connectivity index (χ0n) is 39.1. The Labute approximate surface area is 358 Å². The zero-order valence-corrected chi connectivity index (χ0v) is 39.1. The van der Waals surface area contributed by atoms with Gasteiger partial charge in [0.15, 0.2) is 0 Å². The highest BCUT2D eigenvalue weighted by atomic mass is 16.3. The van der Waals surface area contributed by atoms with Gasteiger partial charge in [-0.3, -0.25) is 4.79 Å². The number of nitrogens with one attached hydrogen (secondary N) is 1. The van der Waals surface area contributed by atoms with Crippen molar-refractivity contribution in [3.63, 3.8) is 0 Å². The molecule has 0 fully saturated rings. The van der Waals surface area contributed by atoms with Gasteiger partial charge in [-0.1, -0.05) is 270 Å². The first-order valence-corrected chi connectivity index (χ1v) is 26.4. The van der Waals surface area contributed by atoms with Crippen LogP contribution in [0.25, 0.3) is 0 Å². The zero-order chi connectivity index (χ0) is 41.4. The molecule has 0 aliphatic heterocycles. The van der Waals surface area contributed by atoms with Crippen LogP contribution in [0.1, 0.15) is 303 Å². The molecular formula is C53H105NO3. The van der Waals surface area contributed by atoms with Gasteiger partial charge in [0.25, 0.3) is 0 Å². The minimum Gasteiger partial charge on any atom is -0.394 e. The van der Waals surface area contributed by atoms with Crippen molar-refractivity contribution in [2.45, 2.75) is 315 Å². The van der Waals surface area contributed by atoms with Gasteiger partial charge in [-0.05, 0) is 38.5 Å². The van der Waals surface area contributed by atoms with Crippen LogP contribution < -0.4 is 5.32 Å². The van der Waals surface area contributed by atoms with Crippen molar-refractivity contribution in [2.75, 3.05) is 6.61 Å². The topological polar surface area (TPSA) is 69.6 Å². The lowest BCUT2D eigenvalue weighted by atomic mass is 10.0. The van der Waals surface area contributed by atoms with E-state index < -0.39 is 12.1 Å². The Kier molecular flexibility index (Phi) is 48.7. The van der Waals surface area contributed by atoms with E-state index in [1.54, 1.807) is 0 Å². The van der Waals surface area contributed by atoms with Crippen LogP contribution in [0.15, 0.2) is 12.2 Å². The van der Waals surface area contributed by atoms with E-state index in [0.29, 0.717) is 12.8 Å². The van der Waals surface area contributed by atoms with E-state index in [9.17, 15) is 15.0 Å². The standard InChI is InChI=1S/C53H105NO3/c1-3-5-7-9-11-13-15-17-19-20-21-22-23-24-25-26-27-28-29-30-31-32-33-35-36-38-40-42-44-46-48-52(56)51(50-55)54-53(57)49-47-45-43-41-39-37-34-18-16-14-12-10-8-6-4-2/h18,34,51-52,55-56H,3-17,19-33,35-50H2,1-2H3,(H,54,57)/b34-18-. The number of carbonyl (C=O) groups is 1. The third-order valence-corrected chi connectivity index (χ3v) is 12.5. The van der Waals surface area contributed by atoms with Crippen LogP contribution in [0.4, 0.5) is 0 Å². The maximum Gasteiger partial charge on any atom is 0.220 e. The Balaban J connectivity index is 3.40. The lowest BCUT2D eigenvalue weighted by Crippen LogP contribution is -2.45. The molecule has 0 spiro atoms. The summed E-state index contributed by atoms with van der Waals surface area (Å²) in [5, 5.41) is 23.3. The molecule has 3 N–H and O–H groups in total. The number of carbonyl (C=O) groups excluding carboxylic acids is 1. The van der Waals surface area contributed by atoms with E-state index >= 15 is 0 Å². The van der Waals surface area contributed by atoms with Crippen LogP contribution in [0, 0.1) is 0 Å². The first-order chi connectivity index (χ1) is 28.2. The van der Waals surface area contributed by atoms with E-state index in [0.717, 1.165) is 25.7 Å². The van der Waals surface area contributed by atoms with Crippen LogP contribution >= 0.6 is 0 Å². The van der Waals surface area contributed by atoms with E-state index in [4.69, 9.17) is 0 Å². The van der Waals surface area contributed by atoms with Gasteiger partial charge in [-0.15, -0.1) is 0 Å². The largest absolute Gasteiger partial charge is 0.394 e. The van der Waals surface area contributed by atoms with Gasteiger partial charge in [-0.2, -0.15) is 0 Å². The van der Waals surface area contributed by atoms with Gasteiger partial charge in [0, 0.05) is 6.42 Å². The summed E-state index contributed by atoms with van der Waals surface area (Å²) in [6.45, 7) is 4.38. The van der Waals surface area contributed by atoms with Crippen LogP contribution in [-0.4, -0.2) is 34.9 Å². The molecule has 0 heterocycles. The smallest absolute Gasteiger partial charge is 0.220 e. The van der Waals surface area contributed by atoms with E-state index in [1.807, 2.05) is 0 Å². The summed E-state index contributed by atoms with van der Waals surface area (Å²) < 4.78 is 0. The van der Waals surface area contributed by atoms with Crippen LogP contribution in [-0.2, 0) is 4.79 Å². The Hall–Kier alpha value is -0.870. The summed E-state index contributed by atoms with van der Waals surface area (Å²) in [7, 11) is 0. The average Bonchev–Trinajstić information content (AvgIpc) is 3.22.